The molecule has 0 amide bonds. The number of hydrogen-bond acceptors (Lipinski definition) is 8. The van der Waals surface area contributed by atoms with Gasteiger partial charge in [0.05, 0.1) is 11.3 Å². The van der Waals surface area contributed by atoms with E-state index in [9.17, 15) is 19.2 Å². The maximum Gasteiger partial charge on any atom is 0.337 e. The van der Waals surface area contributed by atoms with Gasteiger partial charge in [0, 0.05) is 36.8 Å². The van der Waals surface area contributed by atoms with Crippen LogP contribution in [0.4, 0.5) is 0 Å². The van der Waals surface area contributed by atoms with E-state index < -0.39 is 36.2 Å². The molecule has 0 bridgehead atoms. The van der Waals surface area contributed by atoms with Gasteiger partial charge in [-0.15, -0.1) is 0 Å². The van der Waals surface area contributed by atoms with Gasteiger partial charge in [-0.3, -0.25) is 4.79 Å². The SMILES string of the molecule is C/C=C(\C)C(=O)OC1CC(OC(C)=O)n2ccc(COC(=O)/C(=C/C)COC(=O)C=C(C)C)c21. The van der Waals surface area contributed by atoms with Gasteiger partial charge in [0.2, 0.25) is 0 Å². The van der Waals surface area contributed by atoms with Crippen molar-refractivity contribution in [1.82, 2.24) is 4.57 Å². The molecule has 1 aromatic heterocycles. The number of ether oxygens (including phenoxy) is 4. The van der Waals surface area contributed by atoms with Gasteiger partial charge in [-0.25, -0.2) is 14.4 Å². The van der Waals surface area contributed by atoms with Crippen LogP contribution in [0, 0.1) is 0 Å². The van der Waals surface area contributed by atoms with Crippen LogP contribution in [0.2, 0.25) is 0 Å². The van der Waals surface area contributed by atoms with Crippen molar-refractivity contribution in [3.63, 3.8) is 0 Å². The average molecular weight is 474 g/mol. The van der Waals surface area contributed by atoms with Crippen molar-refractivity contribution in [2.75, 3.05) is 6.61 Å². The van der Waals surface area contributed by atoms with Crippen molar-refractivity contribution in [2.45, 2.75) is 66.9 Å². The van der Waals surface area contributed by atoms with Crippen LogP contribution in [0.5, 0.6) is 0 Å². The van der Waals surface area contributed by atoms with E-state index in [2.05, 4.69) is 0 Å². The number of nitrogens with zero attached hydrogens (tertiary/aromatic N) is 1. The predicted molar refractivity (Wildman–Crippen MR) is 122 cm³/mol. The lowest BCUT2D eigenvalue weighted by atomic mass is 10.1. The number of carbonyl (C=O) groups excluding carboxylic acids is 4. The Bertz CT molecular complexity index is 1040. The molecule has 2 unspecified atom stereocenters. The third kappa shape index (κ3) is 6.94. The van der Waals surface area contributed by atoms with Crippen molar-refractivity contribution in [2.24, 2.45) is 0 Å². The second-order valence-electron chi connectivity index (χ2n) is 8.02. The molecule has 0 aliphatic carbocycles. The van der Waals surface area contributed by atoms with Crippen molar-refractivity contribution >= 4 is 23.9 Å². The Balaban J connectivity index is 2.14. The normalized spacial score (nSPS) is 17.5. The molecule has 0 N–H and O–H groups in total. The molecule has 2 atom stereocenters. The zero-order chi connectivity index (χ0) is 25.4. The fourth-order valence-electron chi connectivity index (χ4n) is 3.32. The average Bonchev–Trinajstić information content (AvgIpc) is 3.32. The quantitative estimate of drug-likeness (QED) is 0.301. The summed E-state index contributed by atoms with van der Waals surface area (Å²) in [5, 5.41) is 0. The van der Waals surface area contributed by atoms with Crippen LogP contribution < -0.4 is 0 Å². The standard InChI is InChI=1S/C25H31NO8/c1-7-16(5)24(29)34-20-12-21(33-17(6)27)26-10-9-19(23(20)26)14-32-25(30)18(8-2)13-31-22(28)11-15(3)4/h7-11,20-21H,12-14H2,1-6H3/b16-7+,18-8+. The van der Waals surface area contributed by atoms with E-state index in [1.54, 1.807) is 57.5 Å². The first kappa shape index (κ1) is 26.6. The highest BCUT2D eigenvalue weighted by Crippen LogP contribution is 2.41. The van der Waals surface area contributed by atoms with Crippen LogP contribution >= 0.6 is 0 Å². The third-order valence-electron chi connectivity index (χ3n) is 5.13. The van der Waals surface area contributed by atoms with Gasteiger partial charge < -0.3 is 23.5 Å². The minimum absolute atomic E-state index is 0.107. The Morgan fingerprint density at radius 3 is 2.29 bits per heavy atom. The smallest absolute Gasteiger partial charge is 0.337 e. The molecule has 0 radical (unpaired) electrons. The summed E-state index contributed by atoms with van der Waals surface area (Å²) in [5.74, 6) is -2.13. The van der Waals surface area contributed by atoms with Crippen LogP contribution in [0.25, 0.3) is 0 Å². The minimum Gasteiger partial charge on any atom is -0.457 e. The summed E-state index contributed by atoms with van der Waals surface area (Å²) >= 11 is 0. The number of rotatable bonds is 9. The molecule has 0 fully saturated rings. The second kappa shape index (κ2) is 12.0. The molecule has 1 aromatic rings. The second-order valence-corrected chi connectivity index (χ2v) is 8.02. The summed E-state index contributed by atoms with van der Waals surface area (Å²) in [6, 6.07) is 1.71. The summed E-state index contributed by atoms with van der Waals surface area (Å²) in [7, 11) is 0. The lowest BCUT2D eigenvalue weighted by Crippen LogP contribution is -2.16. The highest BCUT2D eigenvalue weighted by molar-refractivity contribution is 5.90. The summed E-state index contributed by atoms with van der Waals surface area (Å²) < 4.78 is 23.2. The van der Waals surface area contributed by atoms with Crippen LogP contribution in [0.15, 0.2) is 47.2 Å². The topological polar surface area (TPSA) is 110 Å². The van der Waals surface area contributed by atoms with Gasteiger partial charge in [0.1, 0.15) is 19.3 Å². The van der Waals surface area contributed by atoms with E-state index in [0.717, 1.165) is 5.57 Å². The monoisotopic (exact) mass is 473 g/mol. The fourth-order valence-corrected chi connectivity index (χ4v) is 3.32. The molecule has 34 heavy (non-hydrogen) atoms. The van der Waals surface area contributed by atoms with Crippen molar-refractivity contribution in [3.8, 4) is 0 Å². The molecule has 9 nitrogen and oxygen atoms in total. The fraction of sp³-hybridized carbons (Fsp3) is 0.440. The Labute approximate surface area is 199 Å². The largest absolute Gasteiger partial charge is 0.457 e. The van der Waals surface area contributed by atoms with E-state index in [0.29, 0.717) is 16.8 Å². The van der Waals surface area contributed by atoms with Crippen molar-refractivity contribution in [3.05, 3.63) is 58.5 Å². The van der Waals surface area contributed by atoms with Gasteiger partial charge in [0.25, 0.3) is 0 Å². The lowest BCUT2D eigenvalue weighted by Gasteiger charge is -2.15. The molecule has 184 valence electrons. The molecular weight excluding hydrogens is 442 g/mol. The molecule has 9 heteroatoms. The Kier molecular flexibility index (Phi) is 9.41. The molecule has 0 spiro atoms. The van der Waals surface area contributed by atoms with Crippen LogP contribution in [-0.4, -0.2) is 35.1 Å². The van der Waals surface area contributed by atoms with Gasteiger partial charge in [-0.1, -0.05) is 17.7 Å². The van der Waals surface area contributed by atoms with Crippen LogP contribution in [-0.2, 0) is 44.7 Å². The maximum atomic E-state index is 12.5. The predicted octanol–water partition coefficient (Wildman–Crippen LogP) is 4.00. The summed E-state index contributed by atoms with van der Waals surface area (Å²) in [6.07, 6.45) is 5.12. The maximum absolute atomic E-state index is 12.5. The van der Waals surface area contributed by atoms with E-state index >= 15 is 0 Å². The van der Waals surface area contributed by atoms with Gasteiger partial charge in [0.15, 0.2) is 6.23 Å². The van der Waals surface area contributed by atoms with Crippen molar-refractivity contribution in [1.29, 1.82) is 0 Å². The molecule has 0 aromatic carbocycles. The van der Waals surface area contributed by atoms with E-state index in [1.807, 2.05) is 0 Å². The Morgan fingerprint density at radius 2 is 1.71 bits per heavy atom. The number of aromatic nitrogens is 1. The molecule has 0 saturated carbocycles. The van der Waals surface area contributed by atoms with E-state index in [-0.39, 0.29) is 25.2 Å². The molecule has 2 rings (SSSR count). The number of allylic oxidation sites excluding steroid dienone is 3. The van der Waals surface area contributed by atoms with Crippen LogP contribution in [0.1, 0.15) is 71.6 Å². The molecule has 1 aliphatic rings. The summed E-state index contributed by atoms with van der Waals surface area (Å²) in [5.41, 5.74) is 2.62. The van der Waals surface area contributed by atoms with Gasteiger partial charge in [-0.2, -0.15) is 0 Å². The number of fused-ring (bicyclic) bond motifs is 1. The first-order chi connectivity index (χ1) is 16.1. The first-order valence-electron chi connectivity index (χ1n) is 10.9. The Hall–Kier alpha value is -3.62. The molecular formula is C25H31NO8. The van der Waals surface area contributed by atoms with E-state index in [4.69, 9.17) is 18.9 Å². The minimum atomic E-state index is -0.679. The number of esters is 4. The highest BCUT2D eigenvalue weighted by atomic mass is 16.6. The number of hydrogen-bond donors (Lipinski definition) is 0. The lowest BCUT2D eigenvalue weighted by molar-refractivity contribution is -0.153. The summed E-state index contributed by atoms with van der Waals surface area (Å²) in [6.45, 7) is 9.52. The summed E-state index contributed by atoms with van der Waals surface area (Å²) in [4.78, 5) is 48.1. The first-order valence-corrected chi connectivity index (χ1v) is 10.9. The van der Waals surface area contributed by atoms with Crippen LogP contribution in [0.3, 0.4) is 0 Å². The van der Waals surface area contributed by atoms with Gasteiger partial charge in [-0.05, 0) is 40.7 Å². The highest BCUT2D eigenvalue weighted by Gasteiger charge is 2.37. The van der Waals surface area contributed by atoms with Gasteiger partial charge >= 0.3 is 23.9 Å². The van der Waals surface area contributed by atoms with Crippen molar-refractivity contribution < 1.29 is 38.1 Å². The third-order valence-corrected chi connectivity index (χ3v) is 5.13. The zero-order valence-corrected chi connectivity index (χ0v) is 20.4. The molecule has 0 saturated heterocycles. The number of carbonyl (C=O) groups is 4. The molecule has 2 heterocycles. The molecule has 1 aliphatic heterocycles. The zero-order valence-electron chi connectivity index (χ0n) is 20.4. The van der Waals surface area contributed by atoms with E-state index in [1.165, 1.54) is 19.1 Å². The Morgan fingerprint density at radius 1 is 1.00 bits per heavy atom.